The number of carbonyl (C=O) groups is 1. The number of phenols is 1. The maximum absolute atomic E-state index is 11.7. The van der Waals surface area contributed by atoms with Crippen molar-refractivity contribution >= 4 is 5.78 Å². The fraction of sp³-hybridized carbons (Fsp3) is 0.675. The summed E-state index contributed by atoms with van der Waals surface area (Å²) in [6.45, 7) is 4.45. The lowest BCUT2D eigenvalue weighted by Crippen LogP contribution is -2.52. The summed E-state index contributed by atoms with van der Waals surface area (Å²) in [7, 11) is 0. The molecular weight excluding hydrogens is 544 g/mol. The molecule has 0 bridgehead atoms. The number of terminal acetylenes is 2. The third kappa shape index (κ3) is 4.23. The van der Waals surface area contributed by atoms with Crippen LogP contribution in [0.3, 0.4) is 0 Å². The van der Waals surface area contributed by atoms with Crippen molar-refractivity contribution in [2.24, 2.45) is 46.3 Å². The van der Waals surface area contributed by atoms with E-state index in [2.05, 4.69) is 31.8 Å². The maximum atomic E-state index is 11.7. The van der Waals surface area contributed by atoms with Gasteiger partial charge in [-0.3, -0.25) is 4.79 Å². The molecule has 5 fully saturated rings. The molecule has 44 heavy (non-hydrogen) atoms. The zero-order chi connectivity index (χ0) is 31.1. The van der Waals surface area contributed by atoms with Crippen molar-refractivity contribution in [1.29, 1.82) is 0 Å². The third-order valence-electron chi connectivity index (χ3n) is 14.8. The molecule has 1 aromatic rings. The van der Waals surface area contributed by atoms with Gasteiger partial charge < -0.3 is 15.3 Å². The summed E-state index contributed by atoms with van der Waals surface area (Å²) in [6.07, 6.45) is 27.5. The number of ketones is 1. The summed E-state index contributed by atoms with van der Waals surface area (Å²) in [4.78, 5) is 11.7. The largest absolute Gasteiger partial charge is 0.508 e. The maximum Gasteiger partial charge on any atom is 0.155 e. The Morgan fingerprint density at radius 1 is 0.727 bits per heavy atom. The van der Waals surface area contributed by atoms with E-state index < -0.39 is 11.2 Å². The summed E-state index contributed by atoms with van der Waals surface area (Å²) in [5, 5.41) is 31.5. The Balaban J connectivity index is 0.000000142. The van der Waals surface area contributed by atoms with Gasteiger partial charge in [0.05, 0.1) is 0 Å². The van der Waals surface area contributed by atoms with Crippen LogP contribution >= 0.6 is 0 Å². The van der Waals surface area contributed by atoms with Crippen molar-refractivity contribution in [3.8, 4) is 30.4 Å². The first kappa shape index (κ1) is 30.1. The molecule has 0 aromatic heterocycles. The predicted octanol–water partition coefficient (Wildman–Crippen LogP) is 7.11. The van der Waals surface area contributed by atoms with Gasteiger partial charge in [0.25, 0.3) is 0 Å². The highest BCUT2D eigenvalue weighted by Gasteiger charge is 2.62. The summed E-state index contributed by atoms with van der Waals surface area (Å²) >= 11 is 0. The zero-order valence-electron chi connectivity index (χ0n) is 26.7. The second-order valence-corrected chi connectivity index (χ2v) is 16.1. The molecule has 4 nitrogen and oxygen atoms in total. The lowest BCUT2D eigenvalue weighted by molar-refractivity contribution is -0.116. The number of rotatable bonds is 0. The number of hydrogen-bond acceptors (Lipinski definition) is 4. The standard InChI is InChI=1S/C20H26O2.C20H24O2/c2*1-3-20(22)11-9-18-17-6-4-13-12-14(21)5-7-15(13)16(17)8-10-19(18,20)2/h1,12,15-18,22H,4-11H2,2H3;1,5,7,12,16-18,21-22H,4,6,8-11H2,2H3. The number of phenolic OH excluding ortho intramolecular Hbond substituents is 1. The van der Waals surface area contributed by atoms with Crippen molar-refractivity contribution in [3.63, 3.8) is 0 Å². The van der Waals surface area contributed by atoms with Crippen LogP contribution < -0.4 is 0 Å². The minimum Gasteiger partial charge on any atom is -0.508 e. The van der Waals surface area contributed by atoms with Crippen LogP contribution in [0.25, 0.3) is 0 Å². The van der Waals surface area contributed by atoms with Gasteiger partial charge in [-0.2, -0.15) is 0 Å². The Morgan fingerprint density at radius 2 is 1.36 bits per heavy atom. The van der Waals surface area contributed by atoms with Gasteiger partial charge in [-0.15, -0.1) is 12.8 Å². The van der Waals surface area contributed by atoms with Gasteiger partial charge in [0, 0.05) is 17.3 Å². The molecule has 0 saturated heterocycles. The molecule has 0 spiro atoms. The molecule has 3 N–H and O–H groups in total. The Hall–Kier alpha value is -2.53. The van der Waals surface area contributed by atoms with Crippen LogP contribution in [0.15, 0.2) is 29.8 Å². The highest BCUT2D eigenvalue weighted by molar-refractivity contribution is 5.91. The molecule has 234 valence electrons. The molecule has 0 heterocycles. The van der Waals surface area contributed by atoms with E-state index in [9.17, 15) is 20.1 Å². The molecular formula is C40H50O4. The molecule has 0 amide bonds. The number of aryl methyl sites for hydroxylation is 1. The number of fused-ring (bicyclic) bond motifs is 10. The van der Waals surface area contributed by atoms with Gasteiger partial charge in [-0.1, -0.05) is 37.3 Å². The molecule has 0 radical (unpaired) electrons. The number of aliphatic hydroxyl groups is 2. The molecule has 5 saturated carbocycles. The minimum absolute atomic E-state index is 0.103. The van der Waals surface area contributed by atoms with Gasteiger partial charge in [-0.25, -0.2) is 0 Å². The zero-order valence-corrected chi connectivity index (χ0v) is 26.7. The van der Waals surface area contributed by atoms with E-state index in [1.54, 1.807) is 0 Å². The highest BCUT2D eigenvalue weighted by Crippen LogP contribution is 2.66. The van der Waals surface area contributed by atoms with Crippen LogP contribution in [0.1, 0.15) is 114 Å². The van der Waals surface area contributed by atoms with E-state index in [1.165, 1.54) is 23.1 Å². The van der Waals surface area contributed by atoms with E-state index in [4.69, 9.17) is 12.8 Å². The fourth-order valence-electron chi connectivity index (χ4n) is 12.3. The van der Waals surface area contributed by atoms with Gasteiger partial charge in [0.1, 0.15) is 17.0 Å². The second-order valence-electron chi connectivity index (χ2n) is 16.1. The topological polar surface area (TPSA) is 77.8 Å². The van der Waals surface area contributed by atoms with Gasteiger partial charge in [0.15, 0.2) is 5.78 Å². The smallest absolute Gasteiger partial charge is 0.155 e. The van der Waals surface area contributed by atoms with E-state index in [0.717, 1.165) is 83.5 Å². The van der Waals surface area contributed by atoms with E-state index >= 15 is 0 Å². The Kier molecular flexibility index (Phi) is 7.20. The second kappa shape index (κ2) is 10.5. The summed E-state index contributed by atoms with van der Waals surface area (Å²) < 4.78 is 0. The van der Waals surface area contributed by atoms with Crippen LogP contribution in [0, 0.1) is 71.0 Å². The highest BCUT2D eigenvalue weighted by atomic mass is 16.3. The third-order valence-corrected chi connectivity index (χ3v) is 14.8. The number of allylic oxidation sites excluding steroid dienone is 1. The number of carbonyl (C=O) groups excluding carboxylic acids is 1. The van der Waals surface area contributed by atoms with Crippen LogP contribution in [-0.4, -0.2) is 32.3 Å². The van der Waals surface area contributed by atoms with E-state index in [1.807, 2.05) is 18.2 Å². The molecule has 1 aromatic carbocycles. The molecule has 4 heteroatoms. The van der Waals surface area contributed by atoms with Gasteiger partial charge in [0.2, 0.25) is 0 Å². The molecule has 11 atom stereocenters. The number of benzene rings is 1. The number of hydrogen-bond donors (Lipinski definition) is 3. The van der Waals surface area contributed by atoms with Crippen LogP contribution in [-0.2, 0) is 11.2 Å². The first-order valence-electron chi connectivity index (χ1n) is 17.4. The van der Waals surface area contributed by atoms with E-state index in [-0.39, 0.29) is 10.8 Å². The van der Waals surface area contributed by atoms with E-state index in [0.29, 0.717) is 53.0 Å². The van der Waals surface area contributed by atoms with Crippen LogP contribution in [0.5, 0.6) is 5.75 Å². The van der Waals surface area contributed by atoms with Crippen molar-refractivity contribution in [3.05, 3.63) is 41.0 Å². The average molecular weight is 595 g/mol. The quantitative estimate of drug-likeness (QED) is 0.280. The van der Waals surface area contributed by atoms with Crippen molar-refractivity contribution in [2.75, 3.05) is 0 Å². The Labute approximate surface area is 264 Å². The van der Waals surface area contributed by atoms with Gasteiger partial charge >= 0.3 is 0 Å². The normalized spacial score (nSPS) is 46.6. The van der Waals surface area contributed by atoms with Crippen LogP contribution in [0.2, 0.25) is 0 Å². The van der Waals surface area contributed by atoms with Crippen molar-refractivity contribution in [2.45, 2.75) is 121 Å². The monoisotopic (exact) mass is 594 g/mol. The SMILES string of the molecule is C#CC1(O)CCC2C3CCC4=CC(=O)CCC4C3CCC21C.C#CC1(O)CCC2C3CCc4cc(O)ccc4C3CCC21C. The fourth-order valence-corrected chi connectivity index (χ4v) is 12.3. The molecule has 11 unspecified atom stereocenters. The summed E-state index contributed by atoms with van der Waals surface area (Å²) in [5.74, 6) is 10.5. The molecule has 7 aliphatic carbocycles. The summed E-state index contributed by atoms with van der Waals surface area (Å²) in [6, 6.07) is 5.87. The minimum atomic E-state index is -0.919. The lowest BCUT2D eigenvalue weighted by Gasteiger charge is -2.54. The number of aromatic hydroxyl groups is 1. The first-order chi connectivity index (χ1) is 21.0. The van der Waals surface area contributed by atoms with Crippen molar-refractivity contribution in [1.82, 2.24) is 0 Å². The van der Waals surface area contributed by atoms with Crippen molar-refractivity contribution < 1.29 is 20.1 Å². The lowest BCUT2D eigenvalue weighted by atomic mass is 9.50. The Bertz CT molecular complexity index is 1460. The van der Waals surface area contributed by atoms with Gasteiger partial charge in [-0.05, 0) is 154 Å². The summed E-state index contributed by atoms with van der Waals surface area (Å²) in [5.41, 5.74) is 2.11. The molecule has 0 aliphatic heterocycles. The molecule has 8 rings (SSSR count). The van der Waals surface area contributed by atoms with Crippen LogP contribution in [0.4, 0.5) is 0 Å². The predicted molar refractivity (Wildman–Crippen MR) is 172 cm³/mol. The first-order valence-corrected chi connectivity index (χ1v) is 17.4. The molecule has 7 aliphatic rings. The Morgan fingerprint density at radius 3 is 2.05 bits per heavy atom. The average Bonchev–Trinajstić information content (AvgIpc) is 3.46.